The Morgan fingerprint density at radius 3 is 1.88 bits per heavy atom. The molecule has 0 spiro atoms. The molecule has 0 saturated heterocycles. The van der Waals surface area contributed by atoms with E-state index in [-0.39, 0.29) is 0 Å². The Bertz CT molecular complexity index is 3530. The molecule has 7 heteroatoms. The minimum atomic E-state index is 0.549. The number of nitrogens with zero attached hydrogens (tertiary/aromatic N) is 4. The third kappa shape index (κ3) is 5.10. The molecule has 0 saturated carbocycles. The van der Waals surface area contributed by atoms with E-state index in [9.17, 15) is 0 Å². The summed E-state index contributed by atoms with van der Waals surface area (Å²) in [6, 6.07) is 54.5. The Hall–Kier alpha value is -7.48. The van der Waals surface area contributed by atoms with Gasteiger partial charge in [-0.1, -0.05) is 109 Å². The van der Waals surface area contributed by atoms with Crippen molar-refractivity contribution in [2.75, 3.05) is 0 Å². The fraction of sp³-hybridized carbons (Fsp3) is 0. The van der Waals surface area contributed by atoms with Crippen LogP contribution < -0.4 is 0 Å². The summed E-state index contributed by atoms with van der Waals surface area (Å²) in [7, 11) is 0. The number of fused-ring (bicyclic) bond motifs is 9. The fourth-order valence-corrected chi connectivity index (χ4v) is 9.39. The third-order valence-corrected chi connectivity index (χ3v) is 12.1. The van der Waals surface area contributed by atoms with Crippen molar-refractivity contribution in [1.82, 2.24) is 19.9 Å². The summed E-state index contributed by atoms with van der Waals surface area (Å²) in [5.74, 6) is 1.68. The molecule has 0 aliphatic carbocycles. The summed E-state index contributed by atoms with van der Waals surface area (Å²) in [5, 5.41) is 6.85. The van der Waals surface area contributed by atoms with E-state index in [0.717, 1.165) is 77.3 Å². The average molecular weight is 749 g/mol. The van der Waals surface area contributed by atoms with Gasteiger partial charge in [-0.3, -0.25) is 4.98 Å². The zero-order valence-electron chi connectivity index (χ0n) is 30.2. The van der Waals surface area contributed by atoms with Crippen molar-refractivity contribution < 1.29 is 8.83 Å². The molecule has 0 atom stereocenters. The second kappa shape index (κ2) is 12.5. The molecule has 6 nitrogen and oxygen atoms in total. The molecule has 0 radical (unpaired) electrons. The first-order valence-corrected chi connectivity index (χ1v) is 19.6. The first kappa shape index (κ1) is 31.8. The minimum absolute atomic E-state index is 0.549. The van der Waals surface area contributed by atoms with Crippen LogP contribution in [-0.4, -0.2) is 19.9 Å². The molecule has 0 aliphatic rings. The summed E-state index contributed by atoms with van der Waals surface area (Å²) in [6.07, 6.45) is 3.53. The molecule has 0 unspecified atom stereocenters. The van der Waals surface area contributed by atoms with E-state index in [1.165, 1.54) is 25.7 Å². The van der Waals surface area contributed by atoms with Crippen LogP contribution in [0.1, 0.15) is 0 Å². The van der Waals surface area contributed by atoms with E-state index in [4.69, 9.17) is 23.8 Å². The lowest BCUT2D eigenvalue weighted by atomic mass is 9.93. The SMILES string of the molecule is c1cncc(-c2nc(-c3ccc(-c4ccc(-c5cccc6c5sc5ccccc56)c5oc6ccccc6c45)cc3)nc(-c3ccc4c(c3)oc3ccccc34)n2)c1. The highest BCUT2D eigenvalue weighted by Gasteiger charge is 2.20. The molecular weight excluding hydrogens is 721 g/mol. The van der Waals surface area contributed by atoms with Crippen LogP contribution in [0.15, 0.2) is 179 Å². The normalized spacial score (nSPS) is 11.9. The number of benzene rings is 7. The van der Waals surface area contributed by atoms with Crippen LogP contribution in [0.5, 0.6) is 0 Å². The number of hydrogen-bond acceptors (Lipinski definition) is 7. The molecule has 12 rings (SSSR count). The van der Waals surface area contributed by atoms with Gasteiger partial charge in [-0.05, 0) is 59.7 Å². The molecule has 0 N–H and O–H groups in total. The molecule has 12 aromatic rings. The van der Waals surface area contributed by atoms with E-state index < -0.39 is 0 Å². The average Bonchev–Trinajstić information content (AvgIpc) is 3.98. The Morgan fingerprint density at radius 2 is 1.05 bits per heavy atom. The van der Waals surface area contributed by atoms with Gasteiger partial charge in [0.05, 0.1) is 0 Å². The first-order chi connectivity index (χ1) is 28.2. The van der Waals surface area contributed by atoms with Crippen molar-refractivity contribution in [2.24, 2.45) is 0 Å². The maximum atomic E-state index is 6.74. The number of aromatic nitrogens is 4. The van der Waals surface area contributed by atoms with Crippen molar-refractivity contribution in [3.8, 4) is 56.4 Å². The smallest absolute Gasteiger partial charge is 0.165 e. The van der Waals surface area contributed by atoms with Gasteiger partial charge in [0.1, 0.15) is 22.3 Å². The van der Waals surface area contributed by atoms with E-state index in [0.29, 0.717) is 17.5 Å². The van der Waals surface area contributed by atoms with Crippen LogP contribution in [-0.2, 0) is 0 Å². The largest absolute Gasteiger partial charge is 0.456 e. The van der Waals surface area contributed by atoms with E-state index in [1.807, 2.05) is 59.9 Å². The van der Waals surface area contributed by atoms with Gasteiger partial charge < -0.3 is 8.83 Å². The highest BCUT2D eigenvalue weighted by Crippen LogP contribution is 2.46. The number of rotatable bonds is 5. The van der Waals surface area contributed by atoms with Gasteiger partial charge in [-0.2, -0.15) is 0 Å². The summed E-state index contributed by atoms with van der Waals surface area (Å²) >= 11 is 1.83. The van der Waals surface area contributed by atoms with Gasteiger partial charge in [-0.15, -0.1) is 11.3 Å². The van der Waals surface area contributed by atoms with Crippen molar-refractivity contribution in [2.45, 2.75) is 0 Å². The van der Waals surface area contributed by atoms with Gasteiger partial charge >= 0.3 is 0 Å². The standard InChI is InChI=1S/C50H28N4O2S/c1-4-15-41-34(10-1)35-23-22-31(27-43(35)55-41)49-52-48(53-50(54-49)32-9-8-26-51-28-32)30-20-18-29(19-21-30)33-24-25-37(46-45(33)40-12-2-5-16-42(40)56-46)39-14-7-13-38-36-11-3-6-17-44(36)57-47(38)39/h1-28H. The summed E-state index contributed by atoms with van der Waals surface area (Å²) in [6.45, 7) is 0. The summed E-state index contributed by atoms with van der Waals surface area (Å²) in [5.41, 5.74) is 10.3. The number of para-hydroxylation sites is 2. The van der Waals surface area contributed by atoms with E-state index >= 15 is 0 Å². The predicted molar refractivity (Wildman–Crippen MR) is 232 cm³/mol. The second-order valence-corrected chi connectivity index (χ2v) is 15.2. The first-order valence-electron chi connectivity index (χ1n) is 18.8. The topological polar surface area (TPSA) is 77.8 Å². The van der Waals surface area contributed by atoms with Crippen LogP contribution >= 0.6 is 11.3 Å². The number of pyridine rings is 1. The maximum absolute atomic E-state index is 6.74. The van der Waals surface area contributed by atoms with Crippen molar-refractivity contribution in [1.29, 1.82) is 0 Å². The number of furan rings is 2. The van der Waals surface area contributed by atoms with Crippen LogP contribution in [0.25, 0.3) is 120 Å². The molecule has 0 bridgehead atoms. The van der Waals surface area contributed by atoms with E-state index in [1.54, 1.807) is 12.4 Å². The van der Waals surface area contributed by atoms with Crippen molar-refractivity contribution in [3.63, 3.8) is 0 Å². The van der Waals surface area contributed by atoms with Gasteiger partial charge in [-0.25, -0.2) is 15.0 Å². The molecule has 5 heterocycles. The fourth-order valence-electron chi connectivity index (χ4n) is 8.16. The zero-order chi connectivity index (χ0) is 37.5. The minimum Gasteiger partial charge on any atom is -0.456 e. The highest BCUT2D eigenvalue weighted by atomic mass is 32.1. The molecule has 57 heavy (non-hydrogen) atoms. The van der Waals surface area contributed by atoms with Crippen LogP contribution in [0, 0.1) is 0 Å². The quantitative estimate of drug-likeness (QED) is 0.174. The Labute approximate surface area is 329 Å². The van der Waals surface area contributed by atoms with Crippen LogP contribution in [0.3, 0.4) is 0 Å². The molecule has 0 fully saturated rings. The van der Waals surface area contributed by atoms with Crippen molar-refractivity contribution >= 4 is 75.4 Å². The highest BCUT2D eigenvalue weighted by molar-refractivity contribution is 7.26. The summed E-state index contributed by atoms with van der Waals surface area (Å²) in [4.78, 5) is 19.3. The lowest BCUT2D eigenvalue weighted by Gasteiger charge is -2.11. The Kier molecular flexibility index (Phi) is 7.00. The van der Waals surface area contributed by atoms with Gasteiger partial charge in [0.25, 0.3) is 0 Å². The number of hydrogen-bond donors (Lipinski definition) is 0. The molecule has 7 aromatic carbocycles. The Morgan fingerprint density at radius 1 is 0.404 bits per heavy atom. The molecule has 266 valence electrons. The van der Waals surface area contributed by atoms with Gasteiger partial charge in [0.15, 0.2) is 17.5 Å². The summed E-state index contributed by atoms with van der Waals surface area (Å²) < 4.78 is 15.5. The molecule has 0 aliphatic heterocycles. The lowest BCUT2D eigenvalue weighted by molar-refractivity contribution is 0.669. The Balaban J connectivity index is 0.989. The second-order valence-electron chi connectivity index (χ2n) is 14.2. The predicted octanol–water partition coefficient (Wildman–Crippen LogP) is 13.8. The van der Waals surface area contributed by atoms with Gasteiger partial charge in [0, 0.05) is 81.9 Å². The maximum Gasteiger partial charge on any atom is 0.165 e. The molecule has 5 aromatic heterocycles. The molecule has 0 amide bonds. The molecular formula is C50H28N4O2S. The zero-order valence-corrected chi connectivity index (χ0v) is 31.0. The third-order valence-electron chi connectivity index (χ3n) is 10.9. The van der Waals surface area contributed by atoms with E-state index in [2.05, 4.69) is 114 Å². The lowest BCUT2D eigenvalue weighted by Crippen LogP contribution is -2.00. The number of thiophene rings is 1. The van der Waals surface area contributed by atoms with Crippen LogP contribution in [0.2, 0.25) is 0 Å². The van der Waals surface area contributed by atoms with Gasteiger partial charge in [0.2, 0.25) is 0 Å². The van der Waals surface area contributed by atoms with Crippen LogP contribution in [0.4, 0.5) is 0 Å². The van der Waals surface area contributed by atoms with Crippen molar-refractivity contribution in [3.05, 3.63) is 170 Å². The monoisotopic (exact) mass is 748 g/mol.